The zero-order valence-electron chi connectivity index (χ0n) is 16.7. The van der Waals surface area contributed by atoms with E-state index < -0.39 is 23.4 Å². The molecule has 0 unspecified atom stereocenters. The van der Waals surface area contributed by atoms with Gasteiger partial charge in [-0.15, -0.1) is 0 Å². The molecule has 2 N–H and O–H groups in total. The van der Waals surface area contributed by atoms with Crippen molar-refractivity contribution in [2.75, 3.05) is 4.90 Å². The maximum Gasteiger partial charge on any atom is 0.339 e. The van der Waals surface area contributed by atoms with Crippen LogP contribution in [0.3, 0.4) is 0 Å². The Kier molecular flexibility index (Phi) is 4.75. The van der Waals surface area contributed by atoms with Crippen LogP contribution in [-0.2, 0) is 4.79 Å². The van der Waals surface area contributed by atoms with Crippen LogP contribution in [0, 0.1) is 5.82 Å². The number of phenols is 1. The van der Waals surface area contributed by atoms with Crippen LogP contribution in [0.5, 0.6) is 5.75 Å². The Morgan fingerprint density at radius 3 is 2.56 bits per heavy atom. The van der Waals surface area contributed by atoms with Gasteiger partial charge in [0.2, 0.25) is 0 Å². The highest BCUT2D eigenvalue weighted by atomic mass is 35.5. The summed E-state index contributed by atoms with van der Waals surface area (Å²) in [6.45, 7) is 0. The number of aromatic carboxylic acids is 1. The van der Waals surface area contributed by atoms with E-state index in [1.54, 1.807) is 18.2 Å². The van der Waals surface area contributed by atoms with Gasteiger partial charge in [0.25, 0.3) is 5.91 Å². The first-order chi connectivity index (χ1) is 15.4. The number of anilines is 2. The minimum Gasteiger partial charge on any atom is -0.507 e. The molecule has 1 amide bonds. The van der Waals surface area contributed by atoms with Crippen molar-refractivity contribution in [1.29, 1.82) is 0 Å². The minimum atomic E-state index is -1.29. The highest BCUT2D eigenvalue weighted by molar-refractivity contribution is 6.39. The van der Waals surface area contributed by atoms with E-state index in [1.165, 1.54) is 35.2 Å². The number of fused-ring (bicyclic) bond motifs is 1. The molecule has 0 aromatic heterocycles. The molecule has 3 aromatic rings. The molecule has 0 bridgehead atoms. The van der Waals surface area contributed by atoms with Crippen LogP contribution in [0.15, 0.2) is 54.6 Å². The Morgan fingerprint density at radius 2 is 1.88 bits per heavy atom. The van der Waals surface area contributed by atoms with E-state index in [2.05, 4.69) is 0 Å². The molecule has 0 radical (unpaired) electrons. The zero-order chi connectivity index (χ0) is 22.6. The van der Waals surface area contributed by atoms with Crippen molar-refractivity contribution in [3.05, 3.63) is 87.7 Å². The van der Waals surface area contributed by atoms with Crippen LogP contribution in [0.2, 0.25) is 5.02 Å². The molecule has 7 heteroatoms. The number of carbonyl (C=O) groups is 2. The van der Waals surface area contributed by atoms with Crippen molar-refractivity contribution in [3.8, 4) is 5.75 Å². The fraction of sp³-hybridized carbons (Fsp3) is 0.120. The second-order valence-corrected chi connectivity index (χ2v) is 8.26. The van der Waals surface area contributed by atoms with Crippen LogP contribution in [0.1, 0.15) is 45.8 Å². The molecular formula is C25H17ClFNO4. The second-order valence-electron chi connectivity index (χ2n) is 7.86. The number of carboxylic acids is 1. The Bertz CT molecular complexity index is 1330. The van der Waals surface area contributed by atoms with Crippen molar-refractivity contribution >= 4 is 46.5 Å². The number of carboxylic acid groups (broad SMARTS) is 1. The van der Waals surface area contributed by atoms with Crippen LogP contribution in [0.25, 0.3) is 11.6 Å². The highest BCUT2D eigenvalue weighted by Gasteiger charge is 2.37. The molecule has 160 valence electrons. The lowest BCUT2D eigenvalue weighted by atomic mass is 9.98. The molecule has 2 aliphatic rings. The summed E-state index contributed by atoms with van der Waals surface area (Å²) in [4.78, 5) is 26.0. The number of aromatic hydroxyl groups is 1. The van der Waals surface area contributed by atoms with Crippen LogP contribution in [-0.4, -0.2) is 22.1 Å². The van der Waals surface area contributed by atoms with Crippen molar-refractivity contribution in [2.24, 2.45) is 0 Å². The first-order valence-corrected chi connectivity index (χ1v) is 10.4. The number of hydrogen-bond acceptors (Lipinski definition) is 3. The van der Waals surface area contributed by atoms with Gasteiger partial charge < -0.3 is 10.2 Å². The molecule has 0 atom stereocenters. The van der Waals surface area contributed by atoms with E-state index in [0.717, 1.165) is 18.4 Å². The number of hydrogen-bond donors (Lipinski definition) is 2. The molecule has 1 fully saturated rings. The van der Waals surface area contributed by atoms with Crippen molar-refractivity contribution in [2.45, 2.75) is 18.8 Å². The van der Waals surface area contributed by atoms with Gasteiger partial charge >= 0.3 is 5.97 Å². The van der Waals surface area contributed by atoms with Gasteiger partial charge in [0.15, 0.2) is 0 Å². The monoisotopic (exact) mass is 449 g/mol. The molecule has 3 aromatic carbocycles. The maximum absolute atomic E-state index is 14.9. The molecule has 1 saturated carbocycles. The Hall–Kier alpha value is -3.64. The fourth-order valence-electron chi connectivity index (χ4n) is 4.13. The van der Waals surface area contributed by atoms with E-state index in [1.807, 2.05) is 12.1 Å². The Morgan fingerprint density at radius 1 is 1.12 bits per heavy atom. The topological polar surface area (TPSA) is 77.8 Å². The van der Waals surface area contributed by atoms with Gasteiger partial charge in [-0.25, -0.2) is 9.18 Å². The van der Waals surface area contributed by atoms with Gasteiger partial charge in [-0.2, -0.15) is 0 Å². The predicted octanol–water partition coefficient (Wildman–Crippen LogP) is 5.98. The van der Waals surface area contributed by atoms with E-state index >= 15 is 0 Å². The minimum absolute atomic E-state index is 0.140. The number of halogens is 2. The van der Waals surface area contributed by atoms with Gasteiger partial charge in [-0.1, -0.05) is 29.8 Å². The number of benzene rings is 3. The first kappa shape index (κ1) is 20.3. The Labute approximate surface area is 188 Å². The average Bonchev–Trinajstić information content (AvgIpc) is 3.54. The summed E-state index contributed by atoms with van der Waals surface area (Å²) in [5.74, 6) is -2.46. The lowest BCUT2D eigenvalue weighted by Crippen LogP contribution is -2.20. The van der Waals surface area contributed by atoms with Crippen molar-refractivity contribution in [1.82, 2.24) is 0 Å². The normalized spacial score (nSPS) is 16.5. The van der Waals surface area contributed by atoms with Crippen LogP contribution >= 0.6 is 11.6 Å². The second kappa shape index (κ2) is 7.50. The summed E-state index contributed by atoms with van der Waals surface area (Å²) in [5.41, 5.74) is 2.26. The average molecular weight is 450 g/mol. The number of amides is 1. The summed E-state index contributed by atoms with van der Waals surface area (Å²) in [6, 6.07) is 13.8. The smallest absolute Gasteiger partial charge is 0.339 e. The summed E-state index contributed by atoms with van der Waals surface area (Å²) in [5, 5.41) is 19.8. The van der Waals surface area contributed by atoms with Gasteiger partial charge in [0.05, 0.1) is 16.9 Å². The quantitative estimate of drug-likeness (QED) is 0.480. The van der Waals surface area contributed by atoms with E-state index in [0.29, 0.717) is 22.2 Å². The van der Waals surface area contributed by atoms with Crippen LogP contribution in [0.4, 0.5) is 15.8 Å². The van der Waals surface area contributed by atoms with Gasteiger partial charge in [-0.3, -0.25) is 9.69 Å². The molecule has 0 spiro atoms. The third-order valence-electron chi connectivity index (χ3n) is 5.80. The fourth-order valence-corrected chi connectivity index (χ4v) is 4.37. The SMILES string of the molecule is O=C(O)c1ccc(N2C(=O)/C(=C\c3c(Cl)cccc3C3CC3)c3c(F)cccc32)cc1O. The van der Waals surface area contributed by atoms with E-state index in [-0.39, 0.29) is 22.4 Å². The van der Waals surface area contributed by atoms with Crippen molar-refractivity contribution in [3.63, 3.8) is 0 Å². The number of nitrogens with zero attached hydrogens (tertiary/aromatic N) is 1. The zero-order valence-corrected chi connectivity index (χ0v) is 17.4. The number of rotatable bonds is 4. The standard InChI is InChI=1S/C25H17ClFNO4/c26-19-4-1-3-15(13-7-8-13)17(19)12-18-23-20(27)5-2-6-21(23)28(24(18)30)14-9-10-16(25(31)32)22(29)11-14/h1-6,9-13,29H,7-8H2,(H,31,32)/b18-12-. The van der Waals surface area contributed by atoms with Crippen molar-refractivity contribution < 1.29 is 24.2 Å². The summed E-state index contributed by atoms with van der Waals surface area (Å²) in [7, 11) is 0. The molecule has 1 aliphatic carbocycles. The largest absolute Gasteiger partial charge is 0.507 e. The van der Waals surface area contributed by atoms with Gasteiger partial charge in [0, 0.05) is 16.7 Å². The third kappa shape index (κ3) is 3.24. The molecular weight excluding hydrogens is 433 g/mol. The molecule has 5 rings (SSSR count). The predicted molar refractivity (Wildman–Crippen MR) is 120 cm³/mol. The maximum atomic E-state index is 14.9. The van der Waals surface area contributed by atoms with E-state index in [4.69, 9.17) is 16.7 Å². The number of carbonyl (C=O) groups excluding carboxylic acids is 1. The molecule has 1 heterocycles. The lowest BCUT2D eigenvalue weighted by Gasteiger charge is -2.18. The van der Waals surface area contributed by atoms with Crippen LogP contribution < -0.4 is 4.90 Å². The molecule has 32 heavy (non-hydrogen) atoms. The van der Waals surface area contributed by atoms with E-state index in [9.17, 15) is 19.1 Å². The first-order valence-electron chi connectivity index (χ1n) is 10.1. The van der Waals surface area contributed by atoms with Gasteiger partial charge in [0.1, 0.15) is 17.1 Å². The Balaban J connectivity index is 1.68. The molecule has 1 aliphatic heterocycles. The summed E-state index contributed by atoms with van der Waals surface area (Å²) >= 11 is 6.46. The molecule has 5 nitrogen and oxygen atoms in total. The highest BCUT2D eigenvalue weighted by Crippen LogP contribution is 2.47. The lowest BCUT2D eigenvalue weighted by molar-refractivity contribution is -0.112. The molecule has 0 saturated heterocycles. The summed E-state index contributed by atoms with van der Waals surface area (Å²) < 4.78 is 14.9. The van der Waals surface area contributed by atoms with Gasteiger partial charge in [-0.05, 0) is 66.3 Å². The summed E-state index contributed by atoms with van der Waals surface area (Å²) in [6.07, 6.45) is 3.71. The third-order valence-corrected chi connectivity index (χ3v) is 6.13.